The number of nitrogens with zero attached hydrogens (tertiary/aromatic N) is 3. The first-order valence-corrected chi connectivity index (χ1v) is 6.44. The molecule has 0 atom stereocenters. The summed E-state index contributed by atoms with van der Waals surface area (Å²) in [5, 5.41) is 5.03. The minimum Gasteiger partial charge on any atom is -0.441 e. The Bertz CT molecular complexity index is 786. The molecule has 19 heavy (non-hydrogen) atoms. The van der Waals surface area contributed by atoms with E-state index in [1.807, 2.05) is 38.3 Å². The van der Waals surface area contributed by atoms with E-state index < -0.39 is 0 Å². The fourth-order valence-electron chi connectivity index (χ4n) is 2.27. The van der Waals surface area contributed by atoms with Crippen LogP contribution in [0.5, 0.6) is 0 Å². The summed E-state index contributed by atoms with van der Waals surface area (Å²) in [5.74, 6) is 0.831. The van der Waals surface area contributed by atoms with Crippen molar-refractivity contribution in [2.75, 3.05) is 0 Å². The van der Waals surface area contributed by atoms with Crippen LogP contribution in [0.3, 0.4) is 0 Å². The van der Waals surface area contributed by atoms with Crippen molar-refractivity contribution in [3.05, 3.63) is 40.0 Å². The third kappa shape index (κ3) is 1.75. The molecular formula is C14H14ClN3O. The molecule has 3 rings (SSSR count). The van der Waals surface area contributed by atoms with Gasteiger partial charge in [0, 0.05) is 17.3 Å². The lowest BCUT2D eigenvalue weighted by atomic mass is 10.1. The van der Waals surface area contributed by atoms with Crippen molar-refractivity contribution in [1.29, 1.82) is 0 Å². The van der Waals surface area contributed by atoms with Gasteiger partial charge in [-0.3, -0.25) is 0 Å². The van der Waals surface area contributed by atoms with Crippen LogP contribution < -0.4 is 0 Å². The van der Waals surface area contributed by atoms with Gasteiger partial charge in [-0.05, 0) is 39.3 Å². The zero-order valence-corrected chi connectivity index (χ0v) is 12.0. The zero-order chi connectivity index (χ0) is 13.7. The van der Waals surface area contributed by atoms with E-state index in [1.165, 1.54) is 0 Å². The highest BCUT2D eigenvalue weighted by Gasteiger charge is 2.19. The SMILES string of the molecule is Cc1cc(Cl)ncc1-c1c(C)oc2c(C)c(C)nn12. The number of halogens is 1. The third-order valence-electron chi connectivity index (χ3n) is 3.43. The molecule has 3 aromatic heterocycles. The lowest BCUT2D eigenvalue weighted by Crippen LogP contribution is -1.94. The second kappa shape index (κ2) is 4.10. The Morgan fingerprint density at radius 2 is 1.95 bits per heavy atom. The number of rotatable bonds is 1. The van der Waals surface area contributed by atoms with Crippen LogP contribution in [0.2, 0.25) is 5.15 Å². The maximum atomic E-state index is 5.91. The van der Waals surface area contributed by atoms with E-state index in [4.69, 9.17) is 16.0 Å². The van der Waals surface area contributed by atoms with Crippen molar-refractivity contribution < 1.29 is 4.42 Å². The van der Waals surface area contributed by atoms with Crippen LogP contribution in [0.25, 0.3) is 17.0 Å². The molecule has 0 radical (unpaired) electrons. The molecule has 3 heterocycles. The maximum absolute atomic E-state index is 5.91. The fraction of sp³-hybridized carbons (Fsp3) is 0.286. The summed E-state index contributed by atoms with van der Waals surface area (Å²) in [7, 11) is 0. The summed E-state index contributed by atoms with van der Waals surface area (Å²) in [5.41, 5.74) is 5.81. The van der Waals surface area contributed by atoms with E-state index >= 15 is 0 Å². The molecular weight excluding hydrogens is 262 g/mol. The maximum Gasteiger partial charge on any atom is 0.225 e. The van der Waals surface area contributed by atoms with Gasteiger partial charge in [-0.1, -0.05) is 11.6 Å². The van der Waals surface area contributed by atoms with Gasteiger partial charge in [0.1, 0.15) is 16.6 Å². The number of hydrogen-bond donors (Lipinski definition) is 0. The predicted molar refractivity (Wildman–Crippen MR) is 74.6 cm³/mol. The Hall–Kier alpha value is -1.81. The Morgan fingerprint density at radius 1 is 1.21 bits per heavy atom. The number of aryl methyl sites for hydroxylation is 4. The Labute approximate surface area is 116 Å². The summed E-state index contributed by atoms with van der Waals surface area (Å²) in [6.45, 7) is 7.93. The average molecular weight is 276 g/mol. The van der Waals surface area contributed by atoms with Crippen molar-refractivity contribution in [1.82, 2.24) is 14.6 Å². The third-order valence-corrected chi connectivity index (χ3v) is 3.64. The van der Waals surface area contributed by atoms with Crippen LogP contribution in [0, 0.1) is 27.7 Å². The van der Waals surface area contributed by atoms with Gasteiger partial charge in [-0.25, -0.2) is 4.98 Å². The predicted octanol–water partition coefficient (Wildman–Crippen LogP) is 3.88. The highest BCUT2D eigenvalue weighted by Crippen LogP contribution is 2.31. The molecule has 0 fully saturated rings. The summed E-state index contributed by atoms with van der Waals surface area (Å²) >= 11 is 5.91. The van der Waals surface area contributed by atoms with Gasteiger partial charge in [0.05, 0.1) is 5.69 Å². The highest BCUT2D eigenvalue weighted by atomic mass is 35.5. The van der Waals surface area contributed by atoms with Crippen LogP contribution in [-0.4, -0.2) is 14.6 Å². The summed E-state index contributed by atoms with van der Waals surface area (Å²) in [6, 6.07) is 1.85. The van der Waals surface area contributed by atoms with Gasteiger partial charge < -0.3 is 4.42 Å². The van der Waals surface area contributed by atoms with Crippen LogP contribution in [0.1, 0.15) is 22.6 Å². The number of aromatic nitrogens is 3. The lowest BCUT2D eigenvalue weighted by Gasteiger charge is -2.04. The first kappa shape index (κ1) is 12.2. The van der Waals surface area contributed by atoms with Crippen LogP contribution in [0.15, 0.2) is 16.7 Å². The van der Waals surface area contributed by atoms with Gasteiger partial charge in [0.25, 0.3) is 0 Å². The average Bonchev–Trinajstić information content (AvgIpc) is 2.78. The molecule has 5 heteroatoms. The van der Waals surface area contributed by atoms with Crippen molar-refractivity contribution >= 4 is 17.3 Å². The minimum absolute atomic E-state index is 0.492. The van der Waals surface area contributed by atoms with Crippen molar-refractivity contribution in [2.24, 2.45) is 0 Å². The normalized spacial score (nSPS) is 11.4. The Kier molecular flexibility index (Phi) is 2.64. The molecule has 98 valence electrons. The minimum atomic E-state index is 0.492. The molecule has 0 aliphatic rings. The van der Waals surface area contributed by atoms with Crippen LogP contribution in [-0.2, 0) is 0 Å². The first-order valence-electron chi connectivity index (χ1n) is 6.07. The van der Waals surface area contributed by atoms with Gasteiger partial charge in [-0.2, -0.15) is 9.61 Å². The van der Waals surface area contributed by atoms with Gasteiger partial charge >= 0.3 is 0 Å². The molecule has 0 aliphatic heterocycles. The standard InChI is InChI=1S/C14H14ClN3O/c1-7-5-12(15)16-6-11(7)13-10(4)19-14-8(2)9(3)17-18(13)14/h5-6H,1-4H3. The number of pyridine rings is 1. The van der Waals surface area contributed by atoms with Gasteiger partial charge in [0.2, 0.25) is 5.71 Å². The van der Waals surface area contributed by atoms with E-state index in [0.29, 0.717) is 5.15 Å². The molecule has 0 bridgehead atoms. The number of oxazole rings is 1. The largest absolute Gasteiger partial charge is 0.441 e. The highest BCUT2D eigenvalue weighted by molar-refractivity contribution is 6.29. The molecule has 0 saturated heterocycles. The molecule has 0 unspecified atom stereocenters. The smallest absolute Gasteiger partial charge is 0.225 e. The van der Waals surface area contributed by atoms with Crippen LogP contribution >= 0.6 is 11.6 Å². The zero-order valence-electron chi connectivity index (χ0n) is 11.3. The van der Waals surface area contributed by atoms with E-state index in [9.17, 15) is 0 Å². The molecule has 0 spiro atoms. The van der Waals surface area contributed by atoms with Crippen molar-refractivity contribution in [3.8, 4) is 11.3 Å². The quantitative estimate of drug-likeness (QED) is 0.633. The summed E-state index contributed by atoms with van der Waals surface area (Å²) in [6.07, 6.45) is 1.77. The molecule has 4 nitrogen and oxygen atoms in total. The topological polar surface area (TPSA) is 43.3 Å². The second-order valence-electron chi connectivity index (χ2n) is 4.76. The van der Waals surface area contributed by atoms with E-state index in [1.54, 1.807) is 6.20 Å². The van der Waals surface area contributed by atoms with Crippen LogP contribution in [0.4, 0.5) is 0 Å². The van der Waals surface area contributed by atoms with Crippen molar-refractivity contribution in [3.63, 3.8) is 0 Å². The number of fused-ring (bicyclic) bond motifs is 1. The summed E-state index contributed by atoms with van der Waals surface area (Å²) in [4.78, 5) is 4.16. The lowest BCUT2D eigenvalue weighted by molar-refractivity contribution is 0.571. The summed E-state index contributed by atoms with van der Waals surface area (Å²) < 4.78 is 7.68. The van der Waals surface area contributed by atoms with Gasteiger partial charge in [0.15, 0.2) is 0 Å². The monoisotopic (exact) mass is 275 g/mol. The molecule has 0 aliphatic carbocycles. The second-order valence-corrected chi connectivity index (χ2v) is 5.14. The molecule has 0 saturated carbocycles. The van der Waals surface area contributed by atoms with E-state index in [0.717, 1.165) is 39.6 Å². The fourth-order valence-corrected chi connectivity index (χ4v) is 2.48. The van der Waals surface area contributed by atoms with Gasteiger partial charge in [-0.15, -0.1) is 0 Å². The van der Waals surface area contributed by atoms with E-state index in [2.05, 4.69) is 10.1 Å². The Morgan fingerprint density at radius 3 is 2.63 bits per heavy atom. The van der Waals surface area contributed by atoms with Crippen molar-refractivity contribution in [2.45, 2.75) is 27.7 Å². The first-order chi connectivity index (χ1) is 8.99. The van der Waals surface area contributed by atoms with E-state index in [-0.39, 0.29) is 0 Å². The number of hydrogen-bond acceptors (Lipinski definition) is 3. The molecule has 3 aromatic rings. The Balaban J connectivity index is 2.35. The molecule has 0 N–H and O–H groups in total. The molecule has 0 aromatic carbocycles. The molecule has 0 amide bonds.